The maximum Gasteiger partial charge on any atom is 0.265 e. The molecule has 0 amide bonds. The van der Waals surface area contributed by atoms with Crippen LogP contribution in [0.15, 0.2) is 64.7 Å². The maximum atomic E-state index is 10.8. The third-order valence-corrected chi connectivity index (χ3v) is 2.55. The van der Waals surface area contributed by atoms with Gasteiger partial charge in [-0.3, -0.25) is 10.1 Å². The second kappa shape index (κ2) is 10.3. The number of rotatable bonds is 7. The molecule has 0 saturated carbocycles. The van der Waals surface area contributed by atoms with E-state index in [1.807, 2.05) is 59.0 Å². The Morgan fingerprint density at radius 3 is 2.14 bits per heavy atom. The summed E-state index contributed by atoms with van der Waals surface area (Å²) >= 11 is 0. The van der Waals surface area contributed by atoms with Gasteiger partial charge in [-0.1, -0.05) is 17.7 Å². The minimum Gasteiger partial charge on any atom is -0.258 e. The summed E-state index contributed by atoms with van der Waals surface area (Å²) in [6, 6.07) is 0. The fraction of sp³-hybridized carbons (Fsp3) is 0.353. The lowest BCUT2D eigenvalue weighted by atomic mass is 10.2. The minimum absolute atomic E-state index is 0.0461. The van der Waals surface area contributed by atoms with Crippen LogP contribution in [-0.4, -0.2) is 15.6 Å². The quantitative estimate of drug-likeness (QED) is 0.293. The standard InChI is InChI=1S/C17H25N3O2/c1-7-12-19(18-15(6)13-14(4)5)16(8-2)10-11-17(9-3)20(21)22/h7-13H,1-6H3/b11-10-,12-7-,16-8+,17-9+,18-15+. The number of nitro groups is 1. The predicted octanol–water partition coefficient (Wildman–Crippen LogP) is 4.80. The van der Waals surface area contributed by atoms with Crippen LogP contribution in [0.25, 0.3) is 0 Å². The van der Waals surface area contributed by atoms with Gasteiger partial charge in [-0.05, 0) is 59.8 Å². The lowest BCUT2D eigenvalue weighted by Crippen LogP contribution is -2.10. The van der Waals surface area contributed by atoms with Crippen molar-refractivity contribution in [3.63, 3.8) is 0 Å². The molecule has 0 aliphatic heterocycles. The average Bonchev–Trinajstić information content (AvgIpc) is 2.42. The highest BCUT2D eigenvalue weighted by atomic mass is 16.6. The molecule has 0 saturated heterocycles. The smallest absolute Gasteiger partial charge is 0.258 e. The molecule has 5 heteroatoms. The molecule has 0 radical (unpaired) electrons. The van der Waals surface area contributed by atoms with Crippen LogP contribution in [0.2, 0.25) is 0 Å². The van der Waals surface area contributed by atoms with E-state index in [0.717, 1.165) is 17.0 Å². The van der Waals surface area contributed by atoms with Crippen molar-refractivity contribution in [3.8, 4) is 0 Å². The Balaban J connectivity index is 5.51. The number of hydrazone groups is 1. The van der Waals surface area contributed by atoms with Crippen molar-refractivity contribution >= 4 is 5.71 Å². The predicted molar refractivity (Wildman–Crippen MR) is 92.8 cm³/mol. The van der Waals surface area contributed by atoms with Crippen molar-refractivity contribution in [2.75, 3.05) is 0 Å². The van der Waals surface area contributed by atoms with E-state index in [0.29, 0.717) is 0 Å². The fourth-order valence-corrected chi connectivity index (χ4v) is 1.67. The highest BCUT2D eigenvalue weighted by molar-refractivity contribution is 5.93. The summed E-state index contributed by atoms with van der Waals surface area (Å²) in [6.45, 7) is 11.3. The Morgan fingerprint density at radius 1 is 1.09 bits per heavy atom. The molecule has 120 valence electrons. The van der Waals surface area contributed by atoms with Gasteiger partial charge in [-0.25, -0.2) is 5.01 Å². The van der Waals surface area contributed by atoms with Crippen LogP contribution in [0.5, 0.6) is 0 Å². The Bertz CT molecular complexity index is 560. The van der Waals surface area contributed by atoms with Gasteiger partial charge in [0.25, 0.3) is 5.70 Å². The first-order chi connectivity index (χ1) is 10.3. The molecule has 0 atom stereocenters. The molecule has 22 heavy (non-hydrogen) atoms. The monoisotopic (exact) mass is 303 g/mol. The van der Waals surface area contributed by atoms with Crippen LogP contribution in [0.3, 0.4) is 0 Å². The first-order valence-electron chi connectivity index (χ1n) is 7.12. The van der Waals surface area contributed by atoms with Crippen LogP contribution < -0.4 is 0 Å². The average molecular weight is 303 g/mol. The van der Waals surface area contributed by atoms with Crippen LogP contribution in [-0.2, 0) is 0 Å². The molecule has 0 bridgehead atoms. The summed E-state index contributed by atoms with van der Waals surface area (Å²) in [6.07, 6.45) is 12.1. The zero-order chi connectivity index (χ0) is 17.1. The second-order valence-electron chi connectivity index (χ2n) is 4.81. The topological polar surface area (TPSA) is 58.7 Å². The van der Waals surface area contributed by atoms with Crippen molar-refractivity contribution in [1.29, 1.82) is 0 Å². The third-order valence-electron chi connectivity index (χ3n) is 2.55. The highest BCUT2D eigenvalue weighted by Crippen LogP contribution is 2.11. The molecule has 0 spiro atoms. The van der Waals surface area contributed by atoms with E-state index in [1.54, 1.807) is 18.0 Å². The molecule has 0 N–H and O–H groups in total. The number of nitrogens with zero attached hydrogens (tertiary/aromatic N) is 3. The SMILES string of the molecule is C/C=C\N(/N=C(\C)C=C(C)C)C(/C=C\C(=C/C)[N+](=O)[O-])=C/C. The first-order valence-corrected chi connectivity index (χ1v) is 7.12. The van der Waals surface area contributed by atoms with E-state index in [1.165, 1.54) is 12.2 Å². The minimum atomic E-state index is -0.415. The van der Waals surface area contributed by atoms with Crippen molar-refractivity contribution in [3.05, 3.63) is 69.7 Å². The van der Waals surface area contributed by atoms with Gasteiger partial charge < -0.3 is 0 Å². The molecular formula is C17H25N3O2. The zero-order valence-corrected chi connectivity index (χ0v) is 14.2. The van der Waals surface area contributed by atoms with E-state index in [4.69, 9.17) is 0 Å². The molecule has 0 rings (SSSR count). The van der Waals surface area contributed by atoms with Gasteiger partial charge >= 0.3 is 0 Å². The largest absolute Gasteiger partial charge is 0.265 e. The van der Waals surface area contributed by atoms with Crippen molar-refractivity contribution < 1.29 is 4.92 Å². The van der Waals surface area contributed by atoms with E-state index in [-0.39, 0.29) is 5.70 Å². The summed E-state index contributed by atoms with van der Waals surface area (Å²) in [4.78, 5) is 10.4. The van der Waals surface area contributed by atoms with E-state index in [2.05, 4.69) is 5.10 Å². The fourth-order valence-electron chi connectivity index (χ4n) is 1.67. The summed E-state index contributed by atoms with van der Waals surface area (Å²) in [7, 11) is 0. The second-order valence-corrected chi connectivity index (χ2v) is 4.81. The van der Waals surface area contributed by atoms with Crippen molar-refractivity contribution in [1.82, 2.24) is 5.01 Å². The molecule has 0 heterocycles. The van der Waals surface area contributed by atoms with Gasteiger partial charge in [0.15, 0.2) is 0 Å². The van der Waals surface area contributed by atoms with Crippen LogP contribution in [0.4, 0.5) is 0 Å². The summed E-state index contributed by atoms with van der Waals surface area (Å²) in [5.41, 5.74) is 2.81. The Labute approximate surface area is 132 Å². The number of hydrogen-bond donors (Lipinski definition) is 0. The molecule has 0 fully saturated rings. The molecule has 0 unspecified atom stereocenters. The summed E-state index contributed by atoms with van der Waals surface area (Å²) < 4.78 is 0. The Hall–Kier alpha value is -2.43. The van der Waals surface area contributed by atoms with Crippen molar-refractivity contribution in [2.45, 2.75) is 41.5 Å². The van der Waals surface area contributed by atoms with Crippen LogP contribution in [0.1, 0.15) is 41.5 Å². The molecule has 0 aromatic carbocycles. The summed E-state index contributed by atoms with van der Waals surface area (Å²) in [5.74, 6) is 0. The molecule has 5 nitrogen and oxygen atoms in total. The van der Waals surface area contributed by atoms with Gasteiger partial charge in [-0.2, -0.15) is 5.10 Å². The third kappa shape index (κ3) is 7.38. The van der Waals surface area contributed by atoms with Gasteiger partial charge in [0.05, 0.1) is 16.3 Å². The van der Waals surface area contributed by atoms with Crippen LogP contribution in [0, 0.1) is 10.1 Å². The Kier molecular flexibility index (Phi) is 9.18. The van der Waals surface area contributed by atoms with Gasteiger partial charge in [0, 0.05) is 12.3 Å². The lowest BCUT2D eigenvalue weighted by molar-refractivity contribution is -0.419. The lowest BCUT2D eigenvalue weighted by Gasteiger charge is -2.16. The number of allylic oxidation sites excluding steroid dienone is 7. The van der Waals surface area contributed by atoms with Gasteiger partial charge in [0.1, 0.15) is 0 Å². The molecule has 0 aromatic heterocycles. The molecule has 0 aliphatic rings. The van der Waals surface area contributed by atoms with Gasteiger partial charge in [0.2, 0.25) is 0 Å². The zero-order valence-electron chi connectivity index (χ0n) is 14.2. The normalized spacial score (nSPS) is 13.8. The molecular weight excluding hydrogens is 278 g/mol. The summed E-state index contributed by atoms with van der Waals surface area (Å²) in [5, 5.41) is 17.0. The van der Waals surface area contributed by atoms with E-state index >= 15 is 0 Å². The van der Waals surface area contributed by atoms with E-state index in [9.17, 15) is 10.1 Å². The number of hydrogen-bond acceptors (Lipinski definition) is 4. The first kappa shape index (κ1) is 19.6. The molecule has 0 aromatic rings. The van der Waals surface area contributed by atoms with Crippen molar-refractivity contribution in [2.24, 2.45) is 5.10 Å². The van der Waals surface area contributed by atoms with E-state index < -0.39 is 4.92 Å². The Morgan fingerprint density at radius 2 is 1.73 bits per heavy atom. The molecule has 0 aliphatic carbocycles. The van der Waals surface area contributed by atoms with Gasteiger partial charge in [-0.15, -0.1) is 0 Å². The van der Waals surface area contributed by atoms with Crippen LogP contribution >= 0.6 is 0 Å². The maximum absolute atomic E-state index is 10.8. The highest BCUT2D eigenvalue weighted by Gasteiger charge is 2.06.